The first-order chi connectivity index (χ1) is 9.10. The van der Waals surface area contributed by atoms with E-state index >= 15 is 0 Å². The Morgan fingerprint density at radius 2 is 1.95 bits per heavy atom. The van der Waals surface area contributed by atoms with Crippen LogP contribution in [0.3, 0.4) is 0 Å². The second-order valence-corrected chi connectivity index (χ2v) is 4.32. The summed E-state index contributed by atoms with van der Waals surface area (Å²) < 4.78 is 0. The lowest BCUT2D eigenvalue weighted by atomic mass is 10.1. The van der Waals surface area contributed by atoms with E-state index in [9.17, 15) is 10.1 Å². The van der Waals surface area contributed by atoms with Crippen LogP contribution in [-0.4, -0.2) is 9.91 Å². The maximum Gasteiger partial charge on any atom is 0.311 e. The molecule has 98 valence electrons. The number of pyridine rings is 1. The third kappa shape index (κ3) is 3.20. The Hall–Kier alpha value is -2.14. The van der Waals surface area contributed by atoms with E-state index in [0.29, 0.717) is 0 Å². The standard InChI is InChI=1S/C13H12ClN3O2/c1-2-9-3-5-10(6-4-9)15-13-11(17(18)19)7-8-12(14)16-13/h3-8H,2H2,1H3,(H,15,16). The lowest BCUT2D eigenvalue weighted by molar-refractivity contribution is -0.384. The largest absolute Gasteiger partial charge is 0.334 e. The van der Waals surface area contributed by atoms with Crippen LogP contribution in [0.5, 0.6) is 0 Å². The molecule has 1 heterocycles. The van der Waals surface area contributed by atoms with Crippen molar-refractivity contribution >= 4 is 28.8 Å². The van der Waals surface area contributed by atoms with Crippen LogP contribution in [0.1, 0.15) is 12.5 Å². The number of nitrogens with zero attached hydrogens (tertiary/aromatic N) is 2. The van der Waals surface area contributed by atoms with E-state index in [-0.39, 0.29) is 16.7 Å². The minimum absolute atomic E-state index is 0.107. The maximum atomic E-state index is 10.9. The van der Waals surface area contributed by atoms with Gasteiger partial charge in [0.1, 0.15) is 5.15 Å². The summed E-state index contributed by atoms with van der Waals surface area (Å²) in [6, 6.07) is 10.3. The SMILES string of the molecule is CCc1ccc(Nc2nc(Cl)ccc2[N+](=O)[O-])cc1. The summed E-state index contributed by atoms with van der Waals surface area (Å²) in [5.41, 5.74) is 1.82. The number of aromatic nitrogens is 1. The highest BCUT2D eigenvalue weighted by atomic mass is 35.5. The molecular formula is C13H12ClN3O2. The first-order valence-electron chi connectivity index (χ1n) is 5.77. The average molecular weight is 278 g/mol. The second-order valence-electron chi connectivity index (χ2n) is 3.93. The van der Waals surface area contributed by atoms with Gasteiger partial charge in [-0.1, -0.05) is 30.7 Å². The number of hydrogen-bond acceptors (Lipinski definition) is 4. The Morgan fingerprint density at radius 3 is 2.53 bits per heavy atom. The molecule has 2 rings (SSSR count). The number of hydrogen-bond donors (Lipinski definition) is 1. The molecule has 1 aromatic carbocycles. The van der Waals surface area contributed by atoms with Crippen LogP contribution < -0.4 is 5.32 Å². The Morgan fingerprint density at radius 1 is 1.26 bits per heavy atom. The van der Waals surface area contributed by atoms with Gasteiger partial charge in [-0.25, -0.2) is 4.98 Å². The van der Waals surface area contributed by atoms with Crippen LogP contribution in [0.15, 0.2) is 36.4 Å². The molecule has 0 saturated carbocycles. The zero-order valence-electron chi connectivity index (χ0n) is 10.3. The molecule has 0 unspecified atom stereocenters. The van der Waals surface area contributed by atoms with Crippen molar-refractivity contribution in [1.82, 2.24) is 4.98 Å². The normalized spacial score (nSPS) is 10.2. The summed E-state index contributed by atoms with van der Waals surface area (Å²) in [7, 11) is 0. The van der Waals surface area contributed by atoms with E-state index < -0.39 is 4.92 Å². The zero-order valence-corrected chi connectivity index (χ0v) is 11.0. The molecule has 1 aromatic heterocycles. The van der Waals surface area contributed by atoms with Gasteiger partial charge in [0.15, 0.2) is 0 Å². The molecule has 0 aliphatic rings. The van der Waals surface area contributed by atoms with Gasteiger partial charge in [0.25, 0.3) is 0 Å². The van der Waals surface area contributed by atoms with Crippen LogP contribution in [-0.2, 0) is 6.42 Å². The number of aryl methyl sites for hydroxylation is 1. The van der Waals surface area contributed by atoms with Gasteiger partial charge in [-0.2, -0.15) is 0 Å². The van der Waals surface area contributed by atoms with Gasteiger partial charge in [0, 0.05) is 11.8 Å². The quantitative estimate of drug-likeness (QED) is 0.522. The summed E-state index contributed by atoms with van der Waals surface area (Å²) in [5.74, 6) is 0.141. The minimum Gasteiger partial charge on any atom is -0.334 e. The van der Waals surface area contributed by atoms with Crippen molar-refractivity contribution in [3.63, 3.8) is 0 Å². The van der Waals surface area contributed by atoms with E-state index in [2.05, 4.69) is 17.2 Å². The summed E-state index contributed by atoms with van der Waals surface area (Å²) in [6.45, 7) is 2.06. The number of nitro groups is 1. The fourth-order valence-corrected chi connectivity index (χ4v) is 1.78. The molecule has 2 aromatic rings. The van der Waals surface area contributed by atoms with Crippen molar-refractivity contribution < 1.29 is 4.92 Å². The molecule has 1 N–H and O–H groups in total. The molecule has 0 spiro atoms. The van der Waals surface area contributed by atoms with E-state index in [1.165, 1.54) is 17.7 Å². The molecule has 5 nitrogen and oxygen atoms in total. The lowest BCUT2D eigenvalue weighted by Gasteiger charge is -2.07. The third-order valence-electron chi connectivity index (χ3n) is 2.66. The molecule has 0 aliphatic carbocycles. The third-order valence-corrected chi connectivity index (χ3v) is 2.87. The van der Waals surface area contributed by atoms with Crippen molar-refractivity contribution in [3.8, 4) is 0 Å². The maximum absolute atomic E-state index is 10.9. The van der Waals surface area contributed by atoms with Gasteiger partial charge in [-0.05, 0) is 30.2 Å². The molecular weight excluding hydrogens is 266 g/mol. The van der Waals surface area contributed by atoms with Gasteiger partial charge in [-0.15, -0.1) is 0 Å². The Bertz CT molecular complexity index is 599. The van der Waals surface area contributed by atoms with Crippen LogP contribution in [0.2, 0.25) is 5.15 Å². The van der Waals surface area contributed by atoms with Gasteiger partial charge in [0.05, 0.1) is 4.92 Å². The average Bonchev–Trinajstić information content (AvgIpc) is 2.39. The Labute approximate surface area is 115 Å². The highest BCUT2D eigenvalue weighted by Gasteiger charge is 2.15. The molecule has 19 heavy (non-hydrogen) atoms. The molecule has 0 radical (unpaired) electrons. The van der Waals surface area contributed by atoms with Crippen molar-refractivity contribution in [1.29, 1.82) is 0 Å². The van der Waals surface area contributed by atoms with E-state index in [1.807, 2.05) is 24.3 Å². The molecule has 0 saturated heterocycles. The molecule has 0 atom stereocenters. The van der Waals surface area contributed by atoms with Crippen LogP contribution in [0, 0.1) is 10.1 Å². The molecule has 0 bridgehead atoms. The fourth-order valence-electron chi connectivity index (χ4n) is 1.63. The topological polar surface area (TPSA) is 68.1 Å². The van der Waals surface area contributed by atoms with Crippen LogP contribution in [0.4, 0.5) is 17.2 Å². The molecule has 0 fully saturated rings. The highest BCUT2D eigenvalue weighted by Crippen LogP contribution is 2.27. The predicted molar refractivity (Wildman–Crippen MR) is 75.0 cm³/mol. The van der Waals surface area contributed by atoms with E-state index in [0.717, 1.165) is 12.1 Å². The highest BCUT2D eigenvalue weighted by molar-refractivity contribution is 6.29. The Balaban J connectivity index is 2.31. The number of halogens is 1. The van der Waals surface area contributed by atoms with Gasteiger partial charge >= 0.3 is 5.69 Å². The van der Waals surface area contributed by atoms with E-state index in [1.54, 1.807) is 0 Å². The molecule has 6 heteroatoms. The van der Waals surface area contributed by atoms with Gasteiger partial charge in [-0.3, -0.25) is 10.1 Å². The van der Waals surface area contributed by atoms with E-state index in [4.69, 9.17) is 11.6 Å². The van der Waals surface area contributed by atoms with Crippen LogP contribution >= 0.6 is 11.6 Å². The van der Waals surface area contributed by atoms with Crippen LogP contribution in [0.25, 0.3) is 0 Å². The zero-order chi connectivity index (χ0) is 13.8. The monoisotopic (exact) mass is 277 g/mol. The first kappa shape index (κ1) is 13.3. The molecule has 0 amide bonds. The molecule has 0 aliphatic heterocycles. The Kier molecular flexibility index (Phi) is 3.97. The number of benzene rings is 1. The lowest BCUT2D eigenvalue weighted by Crippen LogP contribution is -1.99. The van der Waals surface area contributed by atoms with Crippen molar-refractivity contribution in [3.05, 3.63) is 57.2 Å². The number of anilines is 2. The van der Waals surface area contributed by atoms with Crippen molar-refractivity contribution in [2.24, 2.45) is 0 Å². The summed E-state index contributed by atoms with van der Waals surface area (Å²) >= 11 is 5.76. The second kappa shape index (κ2) is 5.67. The fraction of sp³-hybridized carbons (Fsp3) is 0.154. The van der Waals surface area contributed by atoms with Gasteiger partial charge < -0.3 is 5.32 Å². The van der Waals surface area contributed by atoms with Gasteiger partial charge in [0.2, 0.25) is 5.82 Å². The number of rotatable bonds is 4. The summed E-state index contributed by atoms with van der Waals surface area (Å²) in [5, 5.41) is 14.0. The smallest absolute Gasteiger partial charge is 0.311 e. The van der Waals surface area contributed by atoms with Crippen molar-refractivity contribution in [2.45, 2.75) is 13.3 Å². The summed E-state index contributed by atoms with van der Waals surface area (Å²) in [4.78, 5) is 14.4. The first-order valence-corrected chi connectivity index (χ1v) is 6.15. The number of nitrogens with one attached hydrogen (secondary N) is 1. The predicted octanol–water partition coefficient (Wildman–Crippen LogP) is 3.95. The summed E-state index contributed by atoms with van der Waals surface area (Å²) in [6.07, 6.45) is 0.940. The van der Waals surface area contributed by atoms with Crippen molar-refractivity contribution in [2.75, 3.05) is 5.32 Å². The minimum atomic E-state index is -0.494.